The summed E-state index contributed by atoms with van der Waals surface area (Å²) in [4.78, 5) is 11.8. The quantitative estimate of drug-likeness (QED) is 0.505. The van der Waals surface area contributed by atoms with Crippen LogP contribution in [-0.2, 0) is 0 Å². The second-order valence-electron chi connectivity index (χ2n) is 4.09. The molecule has 1 heterocycles. The Balaban J connectivity index is 1.99. The lowest BCUT2D eigenvalue weighted by atomic mass is 10.2. The van der Waals surface area contributed by atoms with Gasteiger partial charge in [0.15, 0.2) is 0 Å². The highest BCUT2D eigenvalue weighted by molar-refractivity contribution is 6.31. The Hall–Kier alpha value is -2.90. The molecular formula is C14H13F2N5O. The Morgan fingerprint density at radius 1 is 1.27 bits per heavy atom. The summed E-state index contributed by atoms with van der Waals surface area (Å²) in [7, 11) is 0. The lowest BCUT2D eigenvalue weighted by molar-refractivity contribution is 0.151. The smallest absolute Gasteiger partial charge is 0.316 e. The zero-order valence-electron chi connectivity index (χ0n) is 11.4. The van der Waals surface area contributed by atoms with Crippen LogP contribution in [0.2, 0.25) is 0 Å². The van der Waals surface area contributed by atoms with Crippen molar-refractivity contribution in [3.8, 4) is 6.01 Å². The number of aromatic nitrogens is 2. The molecule has 0 unspecified atom stereocenters. The van der Waals surface area contributed by atoms with Gasteiger partial charge in [0.2, 0.25) is 0 Å². The van der Waals surface area contributed by atoms with Gasteiger partial charge < -0.3 is 10.6 Å². The van der Waals surface area contributed by atoms with Crippen LogP contribution in [0.5, 0.6) is 6.01 Å². The minimum Gasteiger partial charge on any atom is -0.457 e. The van der Waals surface area contributed by atoms with Gasteiger partial charge in [-0.15, -0.1) is 0 Å². The molecule has 0 radical (unpaired) electrons. The first-order valence-corrected chi connectivity index (χ1v) is 6.28. The van der Waals surface area contributed by atoms with E-state index in [4.69, 9.17) is 10.6 Å². The van der Waals surface area contributed by atoms with Gasteiger partial charge in [-0.1, -0.05) is 12.1 Å². The molecule has 2 N–H and O–H groups in total. The van der Waals surface area contributed by atoms with Gasteiger partial charge in [-0.3, -0.25) is 4.99 Å². The number of halogens is 2. The molecule has 1 aromatic heterocycles. The second kappa shape index (κ2) is 7.77. The molecule has 0 bridgehead atoms. The van der Waals surface area contributed by atoms with Gasteiger partial charge >= 0.3 is 6.01 Å². The molecule has 0 saturated carbocycles. The second-order valence-corrected chi connectivity index (χ2v) is 4.09. The van der Waals surface area contributed by atoms with Crippen LogP contribution < -0.4 is 10.6 Å². The molecule has 22 heavy (non-hydrogen) atoms. The zero-order chi connectivity index (χ0) is 15.8. The number of hydrazone groups is 1. The first kappa shape index (κ1) is 15.5. The number of benzene rings is 1. The van der Waals surface area contributed by atoms with Crippen LogP contribution in [0.3, 0.4) is 0 Å². The van der Waals surface area contributed by atoms with Crippen molar-refractivity contribution in [1.29, 1.82) is 0 Å². The van der Waals surface area contributed by atoms with Crippen molar-refractivity contribution in [2.24, 2.45) is 15.9 Å². The van der Waals surface area contributed by atoms with E-state index in [0.717, 1.165) is 0 Å². The Morgan fingerprint density at radius 3 is 2.73 bits per heavy atom. The van der Waals surface area contributed by atoms with E-state index in [9.17, 15) is 8.78 Å². The van der Waals surface area contributed by atoms with Crippen LogP contribution in [0, 0.1) is 0 Å². The maximum Gasteiger partial charge on any atom is 0.316 e. The molecule has 8 heteroatoms. The third-order valence-electron chi connectivity index (χ3n) is 2.54. The van der Waals surface area contributed by atoms with Crippen molar-refractivity contribution in [1.82, 2.24) is 9.97 Å². The van der Waals surface area contributed by atoms with Gasteiger partial charge in [0.05, 0.1) is 11.9 Å². The fraction of sp³-hybridized carbons (Fsp3) is 0.143. The van der Waals surface area contributed by atoms with Gasteiger partial charge in [-0.25, -0.2) is 18.7 Å². The molecule has 114 valence electrons. The van der Waals surface area contributed by atoms with Crippen molar-refractivity contribution in [2.45, 2.75) is 6.43 Å². The minimum absolute atomic E-state index is 0.0125. The Morgan fingerprint density at radius 2 is 2.05 bits per heavy atom. The molecule has 1 aromatic carbocycles. The summed E-state index contributed by atoms with van der Waals surface area (Å²) in [6, 6.07) is 7.55. The number of rotatable bonds is 6. The van der Waals surface area contributed by atoms with E-state index < -0.39 is 6.43 Å². The van der Waals surface area contributed by atoms with E-state index in [1.807, 2.05) is 0 Å². The molecule has 0 spiro atoms. The molecule has 0 saturated heterocycles. The van der Waals surface area contributed by atoms with Crippen molar-refractivity contribution in [2.75, 3.05) is 6.61 Å². The Kier molecular flexibility index (Phi) is 5.47. The summed E-state index contributed by atoms with van der Waals surface area (Å²) in [5.74, 6) is 5.24. The molecular weight excluding hydrogens is 292 g/mol. The normalized spacial score (nSPS) is 12.0. The molecule has 0 aliphatic rings. The number of aliphatic imine (C=N–C) groups is 1. The number of nitrogens with zero attached hydrogens (tertiary/aromatic N) is 4. The van der Waals surface area contributed by atoms with Gasteiger partial charge in [0, 0.05) is 18.0 Å². The first-order valence-electron chi connectivity index (χ1n) is 6.28. The lowest BCUT2D eigenvalue weighted by Gasteiger charge is -2.03. The van der Waals surface area contributed by atoms with E-state index in [1.165, 1.54) is 36.8 Å². The van der Waals surface area contributed by atoms with Gasteiger partial charge in [-0.05, 0) is 18.2 Å². The minimum atomic E-state index is -2.55. The molecule has 0 fully saturated rings. The van der Waals surface area contributed by atoms with Gasteiger partial charge in [0.1, 0.15) is 12.3 Å². The maximum absolute atomic E-state index is 12.6. The Labute approximate surface area is 125 Å². The summed E-state index contributed by atoms with van der Waals surface area (Å²) >= 11 is 0. The van der Waals surface area contributed by atoms with Crippen molar-refractivity contribution < 1.29 is 13.5 Å². The van der Waals surface area contributed by atoms with E-state index in [-0.39, 0.29) is 18.2 Å². The molecule has 0 amide bonds. The number of nitrogens with two attached hydrogens (primary N) is 1. The largest absolute Gasteiger partial charge is 0.457 e. The molecule has 2 rings (SSSR count). The fourth-order valence-electron chi connectivity index (χ4n) is 1.50. The van der Waals surface area contributed by atoms with Crippen molar-refractivity contribution >= 4 is 17.6 Å². The van der Waals surface area contributed by atoms with Crippen LogP contribution in [-0.4, -0.2) is 28.5 Å². The van der Waals surface area contributed by atoms with Gasteiger partial charge in [0.25, 0.3) is 6.43 Å². The van der Waals surface area contributed by atoms with Crippen molar-refractivity contribution in [3.05, 3.63) is 48.3 Å². The lowest BCUT2D eigenvalue weighted by Crippen LogP contribution is -2.15. The molecule has 0 atom stereocenters. The predicted molar refractivity (Wildman–Crippen MR) is 78.7 cm³/mol. The summed E-state index contributed by atoms with van der Waals surface area (Å²) < 4.78 is 30.4. The highest BCUT2D eigenvalue weighted by atomic mass is 19.3. The summed E-state index contributed by atoms with van der Waals surface area (Å²) in [5.41, 5.74) is 0.583. The molecule has 0 aliphatic heterocycles. The van der Waals surface area contributed by atoms with Gasteiger partial charge in [-0.2, -0.15) is 5.10 Å². The third kappa shape index (κ3) is 4.58. The van der Waals surface area contributed by atoms with Crippen LogP contribution >= 0.6 is 0 Å². The third-order valence-corrected chi connectivity index (χ3v) is 2.54. The van der Waals surface area contributed by atoms with Crippen LogP contribution in [0.4, 0.5) is 14.5 Å². The number of hydrogen-bond acceptors (Lipinski definition) is 6. The first-order chi connectivity index (χ1) is 10.7. The monoisotopic (exact) mass is 305 g/mol. The zero-order valence-corrected chi connectivity index (χ0v) is 11.4. The molecule has 0 aliphatic carbocycles. The summed E-state index contributed by atoms with van der Waals surface area (Å²) in [6.07, 6.45) is 1.86. The van der Waals surface area contributed by atoms with Crippen LogP contribution in [0.15, 0.2) is 52.8 Å². The fourth-order valence-corrected chi connectivity index (χ4v) is 1.50. The Bertz CT molecular complexity index is 661. The van der Waals surface area contributed by atoms with E-state index in [0.29, 0.717) is 11.4 Å². The standard InChI is InChI=1S/C14H13F2N5O/c15-13(16)10-3-1-4-11(7-10)20-8-12(21-17)9-22-14-18-5-2-6-19-14/h1-8,13H,9,17H2. The highest BCUT2D eigenvalue weighted by Gasteiger charge is 2.06. The van der Waals surface area contributed by atoms with E-state index in [1.54, 1.807) is 12.1 Å². The number of hydrogen-bond donors (Lipinski definition) is 1. The molecule has 6 nitrogen and oxygen atoms in total. The average molecular weight is 305 g/mol. The van der Waals surface area contributed by atoms with Crippen molar-refractivity contribution in [3.63, 3.8) is 0 Å². The summed E-state index contributed by atoms with van der Waals surface area (Å²) in [5, 5.41) is 3.51. The van der Waals surface area contributed by atoms with E-state index >= 15 is 0 Å². The number of ether oxygens (including phenoxy) is 1. The average Bonchev–Trinajstić information content (AvgIpc) is 2.56. The van der Waals surface area contributed by atoms with E-state index in [2.05, 4.69) is 20.1 Å². The number of alkyl halides is 2. The van der Waals surface area contributed by atoms with Crippen LogP contribution in [0.1, 0.15) is 12.0 Å². The predicted octanol–water partition coefficient (Wildman–Crippen LogP) is 2.51. The molecule has 2 aromatic rings. The maximum atomic E-state index is 12.6. The topological polar surface area (TPSA) is 85.8 Å². The SMILES string of the molecule is NN=C(C=Nc1cccc(C(F)F)c1)COc1ncccn1. The highest BCUT2D eigenvalue weighted by Crippen LogP contribution is 2.22. The van der Waals surface area contributed by atoms with Crippen LogP contribution in [0.25, 0.3) is 0 Å². The summed E-state index contributed by atoms with van der Waals surface area (Å²) in [6.45, 7) is 0.0125.